The van der Waals surface area contributed by atoms with E-state index in [0.29, 0.717) is 0 Å². The van der Waals surface area contributed by atoms with E-state index in [-0.39, 0.29) is 25.1 Å². The van der Waals surface area contributed by atoms with Gasteiger partial charge in [0, 0.05) is 16.5 Å². The Morgan fingerprint density at radius 2 is 1.37 bits per heavy atom. The van der Waals surface area contributed by atoms with Crippen LogP contribution in [0.1, 0.15) is 8.85 Å². The lowest BCUT2D eigenvalue weighted by Gasteiger charge is -1.97. The molecule has 0 bridgehead atoms. The Labute approximate surface area is 126 Å². The second-order valence-electron chi connectivity index (χ2n) is 3.75. The molecule has 19 heavy (non-hydrogen) atoms. The molecule has 0 aromatic heterocycles. The Morgan fingerprint density at radius 1 is 0.947 bits per heavy atom. The fraction of sp³-hybridized carbons (Fsp3) is 0.200. The van der Waals surface area contributed by atoms with Gasteiger partial charge in [-0.05, 0) is 32.1 Å². The Morgan fingerprint density at radius 3 is 1.68 bits per heavy atom. The van der Waals surface area contributed by atoms with Gasteiger partial charge in [0.15, 0.2) is 0 Å². The summed E-state index contributed by atoms with van der Waals surface area (Å²) < 4.78 is 0. The van der Waals surface area contributed by atoms with E-state index >= 15 is 0 Å². The maximum atomic E-state index is 2.63. The summed E-state index contributed by atoms with van der Waals surface area (Å²) in [4.78, 5) is 0. The summed E-state index contributed by atoms with van der Waals surface area (Å²) in [6.07, 6.45) is 0. The standard InChI is InChI=1S/C8H12BP.C6H7P.CH4.B.H2/c1-9-10(2)8-6-4-3-5-7-8;7-6-4-2-1-3-5-6;;;/h3-7,10H,1-2H3;1-5H,7H2;1H4;;1H/q+1;;;;. The van der Waals surface area contributed by atoms with Gasteiger partial charge in [-0.2, -0.15) is 0 Å². The molecule has 0 N–H and O–H groups in total. The first-order valence-corrected chi connectivity index (χ1v) is 8.38. The quantitative estimate of drug-likeness (QED) is 0.586. The van der Waals surface area contributed by atoms with E-state index in [4.69, 9.17) is 0 Å². The normalized spacial score (nSPS) is 9.84. The predicted octanol–water partition coefficient (Wildman–Crippen LogP) is 3.51. The van der Waals surface area contributed by atoms with Gasteiger partial charge in [-0.25, -0.2) is 0 Å². The number of benzene rings is 2. The zero-order valence-electron chi connectivity index (χ0n) is 11.0. The van der Waals surface area contributed by atoms with E-state index in [2.05, 4.69) is 60.1 Å². The van der Waals surface area contributed by atoms with Crippen molar-refractivity contribution in [2.75, 3.05) is 6.66 Å². The van der Waals surface area contributed by atoms with Gasteiger partial charge in [-0.1, -0.05) is 56.0 Å². The molecular weight excluding hydrogens is 264 g/mol. The third-order valence-corrected chi connectivity index (χ3v) is 4.96. The SMILES string of the molecule is C.C[B][PH+](C)c1ccccc1.Pc1ccccc1.[B].[HH]. The zero-order chi connectivity index (χ0) is 12.5. The fourth-order valence-corrected chi connectivity index (χ4v) is 2.59. The Balaban J connectivity index is -0.000000262. The van der Waals surface area contributed by atoms with Gasteiger partial charge in [0.05, 0.1) is 5.30 Å². The number of hydrogen-bond donors (Lipinski definition) is 0. The summed E-state index contributed by atoms with van der Waals surface area (Å²) >= 11 is 0. The van der Waals surface area contributed by atoms with Crippen LogP contribution < -0.4 is 10.6 Å². The summed E-state index contributed by atoms with van der Waals surface area (Å²) in [5.74, 6) is 0. The van der Waals surface area contributed by atoms with Crippen LogP contribution in [0.2, 0.25) is 6.82 Å². The molecule has 2 atom stereocenters. The van der Waals surface area contributed by atoms with Crippen molar-refractivity contribution < 1.29 is 1.43 Å². The molecule has 100 valence electrons. The van der Waals surface area contributed by atoms with Gasteiger partial charge in [-0.3, -0.25) is 0 Å². The van der Waals surface area contributed by atoms with E-state index < -0.39 is 0 Å². The van der Waals surface area contributed by atoms with Gasteiger partial charge >= 0.3 is 7.00 Å². The van der Waals surface area contributed by atoms with Crippen molar-refractivity contribution in [3.63, 3.8) is 0 Å². The predicted molar refractivity (Wildman–Crippen MR) is 102 cm³/mol. The molecule has 4 heteroatoms. The maximum Gasteiger partial charge on any atom is 0.356 e. The van der Waals surface area contributed by atoms with Crippen LogP contribution in [0, 0.1) is 0 Å². The van der Waals surface area contributed by atoms with Crippen molar-refractivity contribution in [3.8, 4) is 0 Å². The molecule has 0 heterocycles. The number of rotatable bonds is 2. The average molecular weight is 289 g/mol. The minimum absolute atomic E-state index is 0. The lowest BCUT2D eigenvalue weighted by molar-refractivity contribution is 1.77. The second-order valence-corrected chi connectivity index (χ2v) is 6.94. The highest BCUT2D eigenvalue weighted by molar-refractivity contribution is 7.91. The molecule has 0 fully saturated rings. The molecule has 0 aliphatic carbocycles. The summed E-state index contributed by atoms with van der Waals surface area (Å²) in [5.41, 5.74) is 0. The van der Waals surface area contributed by atoms with Crippen LogP contribution in [0.3, 0.4) is 0 Å². The third-order valence-electron chi connectivity index (χ3n) is 2.46. The lowest BCUT2D eigenvalue weighted by Crippen LogP contribution is -2.00. The van der Waals surface area contributed by atoms with Crippen molar-refractivity contribution in [3.05, 3.63) is 60.7 Å². The van der Waals surface area contributed by atoms with Crippen molar-refractivity contribution in [2.45, 2.75) is 14.2 Å². The van der Waals surface area contributed by atoms with Crippen molar-refractivity contribution in [1.82, 2.24) is 0 Å². The highest BCUT2D eigenvalue weighted by atomic mass is 31.1. The molecule has 0 aliphatic heterocycles. The second kappa shape index (κ2) is 12.5. The summed E-state index contributed by atoms with van der Waals surface area (Å²) in [6, 6.07) is 20.8. The third kappa shape index (κ3) is 9.04. The first-order chi connectivity index (χ1) is 8.24. The van der Waals surface area contributed by atoms with Crippen molar-refractivity contribution in [1.29, 1.82) is 0 Å². The molecule has 0 saturated heterocycles. The van der Waals surface area contributed by atoms with Crippen LogP contribution in [-0.2, 0) is 0 Å². The van der Waals surface area contributed by atoms with Crippen molar-refractivity contribution >= 4 is 43.1 Å². The Hall–Kier alpha value is -0.570. The van der Waals surface area contributed by atoms with E-state index in [1.54, 1.807) is 0 Å². The van der Waals surface area contributed by atoms with Crippen LogP contribution >= 0.6 is 17.0 Å². The molecule has 0 nitrogen and oxygen atoms in total. The molecule has 0 saturated carbocycles. The molecule has 4 radical (unpaired) electrons. The first kappa shape index (κ1) is 20.7. The monoisotopic (exact) mass is 289 g/mol. The molecule has 2 aromatic rings. The van der Waals surface area contributed by atoms with Crippen LogP contribution in [0.5, 0.6) is 0 Å². The summed E-state index contributed by atoms with van der Waals surface area (Å²) in [7, 11) is 2.30. The molecular formula is C15H25B2P2+. The topological polar surface area (TPSA) is 0 Å². The Kier molecular flexibility index (Phi) is 13.6. The largest absolute Gasteiger partial charge is 0.356 e. The van der Waals surface area contributed by atoms with E-state index in [1.165, 1.54) is 10.6 Å². The van der Waals surface area contributed by atoms with Crippen LogP contribution in [0.15, 0.2) is 60.7 Å². The van der Waals surface area contributed by atoms with E-state index in [9.17, 15) is 0 Å². The minimum Gasteiger partial charge on any atom is -0.106 e. The van der Waals surface area contributed by atoms with Gasteiger partial charge in [0.1, 0.15) is 0 Å². The smallest absolute Gasteiger partial charge is 0.106 e. The van der Waals surface area contributed by atoms with Crippen LogP contribution in [0.25, 0.3) is 0 Å². The van der Waals surface area contributed by atoms with Crippen molar-refractivity contribution in [2.24, 2.45) is 0 Å². The van der Waals surface area contributed by atoms with Crippen LogP contribution in [-0.4, -0.2) is 22.1 Å². The Bertz CT molecular complexity index is 413. The molecule has 0 amide bonds. The fourth-order valence-electron chi connectivity index (χ4n) is 1.32. The first-order valence-electron chi connectivity index (χ1n) is 5.73. The van der Waals surface area contributed by atoms with Gasteiger partial charge in [0.25, 0.3) is 0 Å². The van der Waals surface area contributed by atoms with Gasteiger partial charge < -0.3 is 0 Å². The minimum atomic E-state index is -0.332. The summed E-state index contributed by atoms with van der Waals surface area (Å²) in [5, 5.41) is 2.73. The maximum absolute atomic E-state index is 2.63. The highest BCUT2D eigenvalue weighted by Gasteiger charge is 2.09. The molecule has 2 aromatic carbocycles. The number of hydrogen-bond acceptors (Lipinski definition) is 0. The van der Waals surface area contributed by atoms with Crippen LogP contribution in [0.4, 0.5) is 0 Å². The molecule has 0 spiro atoms. The summed E-state index contributed by atoms with van der Waals surface area (Å²) in [6.45, 7) is 6.75. The molecule has 2 unspecified atom stereocenters. The highest BCUT2D eigenvalue weighted by Crippen LogP contribution is 2.25. The van der Waals surface area contributed by atoms with Gasteiger partial charge in [0.2, 0.25) is 0 Å². The lowest BCUT2D eigenvalue weighted by atomic mass is 10.2. The zero-order valence-corrected chi connectivity index (χ0v) is 13.2. The van der Waals surface area contributed by atoms with Gasteiger partial charge in [-0.15, -0.1) is 9.24 Å². The molecule has 2 rings (SSSR count). The van der Waals surface area contributed by atoms with E-state index in [1.807, 2.05) is 30.3 Å². The van der Waals surface area contributed by atoms with E-state index in [0.717, 1.165) is 0 Å². The average Bonchev–Trinajstić information content (AvgIpc) is 2.40. The molecule has 0 aliphatic rings.